The molecule has 7 aromatic rings. The van der Waals surface area contributed by atoms with E-state index in [1.807, 2.05) is 66.7 Å². The van der Waals surface area contributed by atoms with E-state index in [9.17, 15) is 0 Å². The van der Waals surface area contributed by atoms with Crippen LogP contribution >= 0.6 is 0 Å². The lowest BCUT2D eigenvalue weighted by molar-refractivity contribution is 0.538. The molecule has 1 atom stereocenters. The van der Waals surface area contributed by atoms with Crippen LogP contribution in [0.3, 0.4) is 0 Å². The van der Waals surface area contributed by atoms with Crippen LogP contribution in [0.4, 0.5) is 0 Å². The lowest BCUT2D eigenvalue weighted by Gasteiger charge is -2.21. The van der Waals surface area contributed by atoms with E-state index in [1.165, 1.54) is 5.56 Å². The zero-order valence-corrected chi connectivity index (χ0v) is 29.2. The van der Waals surface area contributed by atoms with Crippen LogP contribution in [-0.2, 0) is 4.74 Å². The number of hydrogen-bond acceptors (Lipinski definition) is 5. The molecule has 0 amide bonds. The van der Waals surface area contributed by atoms with Gasteiger partial charge in [0.05, 0.1) is 11.4 Å². The van der Waals surface area contributed by atoms with Crippen LogP contribution < -0.4 is 0 Å². The first-order valence-electron chi connectivity index (χ1n) is 18.0. The first kappa shape index (κ1) is 33.4. The summed E-state index contributed by atoms with van der Waals surface area (Å²) in [6.07, 6.45) is 7.73. The summed E-state index contributed by atoms with van der Waals surface area (Å²) in [6.45, 7) is 0. The molecule has 256 valence electrons. The second kappa shape index (κ2) is 15.3. The summed E-state index contributed by atoms with van der Waals surface area (Å²) in [5.41, 5.74) is 11.6. The SMILES string of the molecule is N=C(OC(=N)c1ccc(-c2cc(-c3cc(-c4ccccc4)nc(-c4cccc(-c5ccccc5)c4)n3)cc(C3CC=CCC3)c2)cc1)c1ccccc1. The first-order chi connectivity index (χ1) is 26.1. The van der Waals surface area contributed by atoms with Crippen molar-refractivity contribution in [2.75, 3.05) is 0 Å². The van der Waals surface area contributed by atoms with Gasteiger partial charge in [-0.1, -0.05) is 127 Å². The van der Waals surface area contributed by atoms with Crippen molar-refractivity contribution in [3.8, 4) is 56.2 Å². The molecule has 0 fully saturated rings. The third kappa shape index (κ3) is 7.65. The average Bonchev–Trinajstić information content (AvgIpc) is 3.24. The Balaban J connectivity index is 1.19. The topological polar surface area (TPSA) is 82.7 Å². The van der Waals surface area contributed by atoms with Crippen LogP contribution in [0.25, 0.3) is 56.2 Å². The maximum Gasteiger partial charge on any atom is 0.221 e. The maximum absolute atomic E-state index is 8.56. The third-order valence-electron chi connectivity index (χ3n) is 9.74. The highest BCUT2D eigenvalue weighted by atomic mass is 16.5. The van der Waals surface area contributed by atoms with E-state index in [0.29, 0.717) is 22.9 Å². The van der Waals surface area contributed by atoms with Gasteiger partial charge < -0.3 is 4.74 Å². The minimum atomic E-state index is -0.0628. The predicted octanol–water partition coefficient (Wildman–Crippen LogP) is 12.0. The van der Waals surface area contributed by atoms with E-state index in [0.717, 1.165) is 69.6 Å². The molecule has 53 heavy (non-hydrogen) atoms. The molecule has 1 aliphatic carbocycles. The van der Waals surface area contributed by atoms with Crippen molar-refractivity contribution in [3.05, 3.63) is 193 Å². The Kier molecular flexibility index (Phi) is 9.62. The van der Waals surface area contributed by atoms with Gasteiger partial charge >= 0.3 is 0 Å². The number of hydrogen-bond donors (Lipinski definition) is 2. The fourth-order valence-corrected chi connectivity index (χ4v) is 6.87. The number of rotatable bonds is 8. The Labute approximate surface area is 310 Å². The fourth-order valence-electron chi connectivity index (χ4n) is 6.87. The molecular formula is C48H38N4O. The molecule has 5 nitrogen and oxygen atoms in total. The van der Waals surface area contributed by atoms with Gasteiger partial charge in [-0.25, -0.2) is 9.97 Å². The Hall–Kier alpha value is -6.72. The summed E-state index contributed by atoms with van der Waals surface area (Å²) in [4.78, 5) is 10.4. The van der Waals surface area contributed by atoms with E-state index in [-0.39, 0.29) is 11.8 Å². The van der Waals surface area contributed by atoms with Crippen LogP contribution in [0, 0.1) is 10.8 Å². The Morgan fingerprint density at radius 1 is 0.472 bits per heavy atom. The van der Waals surface area contributed by atoms with Crippen molar-refractivity contribution in [3.63, 3.8) is 0 Å². The van der Waals surface area contributed by atoms with Crippen molar-refractivity contribution >= 4 is 11.8 Å². The minimum Gasteiger partial charge on any atom is -0.421 e. The molecular weight excluding hydrogens is 649 g/mol. The molecule has 6 aromatic carbocycles. The number of aromatic nitrogens is 2. The molecule has 0 saturated carbocycles. The summed E-state index contributed by atoms with van der Waals surface area (Å²) in [5, 5.41) is 16.9. The number of benzene rings is 6. The molecule has 0 bridgehead atoms. The van der Waals surface area contributed by atoms with Crippen LogP contribution in [0.15, 0.2) is 176 Å². The van der Waals surface area contributed by atoms with Crippen molar-refractivity contribution in [2.24, 2.45) is 0 Å². The third-order valence-corrected chi connectivity index (χ3v) is 9.74. The van der Waals surface area contributed by atoms with Crippen LogP contribution in [0.1, 0.15) is 41.9 Å². The smallest absolute Gasteiger partial charge is 0.221 e. The molecule has 5 heteroatoms. The van der Waals surface area contributed by atoms with Gasteiger partial charge in [0.1, 0.15) is 0 Å². The summed E-state index contributed by atoms with van der Waals surface area (Å²) in [6, 6.07) is 55.1. The van der Waals surface area contributed by atoms with Gasteiger partial charge in [-0.05, 0) is 102 Å². The monoisotopic (exact) mass is 686 g/mol. The van der Waals surface area contributed by atoms with Gasteiger partial charge in [-0.3, -0.25) is 10.8 Å². The molecule has 2 N–H and O–H groups in total. The summed E-state index contributed by atoms with van der Waals surface area (Å²) in [7, 11) is 0. The second-order valence-corrected chi connectivity index (χ2v) is 13.3. The van der Waals surface area contributed by atoms with Gasteiger partial charge in [0, 0.05) is 27.8 Å². The molecule has 0 saturated heterocycles. The Morgan fingerprint density at radius 2 is 1.02 bits per heavy atom. The van der Waals surface area contributed by atoms with Crippen molar-refractivity contribution < 1.29 is 4.74 Å². The van der Waals surface area contributed by atoms with E-state index < -0.39 is 0 Å². The Bertz CT molecular complexity index is 2420. The molecule has 1 unspecified atom stereocenters. The van der Waals surface area contributed by atoms with E-state index in [4.69, 9.17) is 25.5 Å². The average molecular weight is 687 g/mol. The minimum absolute atomic E-state index is 0.0514. The van der Waals surface area contributed by atoms with Gasteiger partial charge in [0.2, 0.25) is 11.8 Å². The zero-order valence-electron chi connectivity index (χ0n) is 29.2. The molecule has 0 aliphatic heterocycles. The van der Waals surface area contributed by atoms with Gasteiger partial charge in [-0.15, -0.1) is 0 Å². The quantitative estimate of drug-likeness (QED) is 0.0948. The molecule has 0 spiro atoms. The largest absolute Gasteiger partial charge is 0.421 e. The van der Waals surface area contributed by atoms with E-state index in [2.05, 4.69) is 97.1 Å². The molecule has 1 aromatic heterocycles. The van der Waals surface area contributed by atoms with Crippen molar-refractivity contribution in [1.82, 2.24) is 9.97 Å². The second-order valence-electron chi connectivity index (χ2n) is 13.3. The maximum atomic E-state index is 8.56. The lowest BCUT2D eigenvalue weighted by Crippen LogP contribution is -2.12. The standard InChI is InChI=1S/C48H38N4O/c49-46(37-20-11-4-12-21-37)53-47(50)38-26-24-35(25-27-38)42-29-41(34-16-7-2-8-17-34)30-43(31-42)45-32-44(36-18-9-3-10-19-36)51-48(52-45)40-23-13-22-39(28-40)33-14-5-1-6-15-33/h1-7,9-15,18-32,34,49-50H,8,16-17H2. The normalized spacial score (nSPS) is 13.7. The number of ether oxygens (including phenoxy) is 1. The van der Waals surface area contributed by atoms with Crippen molar-refractivity contribution in [1.29, 1.82) is 10.8 Å². The summed E-state index contributed by atoms with van der Waals surface area (Å²) >= 11 is 0. The highest BCUT2D eigenvalue weighted by Crippen LogP contribution is 2.37. The van der Waals surface area contributed by atoms with Crippen LogP contribution in [0.2, 0.25) is 0 Å². The van der Waals surface area contributed by atoms with E-state index >= 15 is 0 Å². The first-order valence-corrected chi connectivity index (χ1v) is 18.0. The van der Waals surface area contributed by atoms with Crippen molar-refractivity contribution in [2.45, 2.75) is 25.2 Å². The molecule has 0 radical (unpaired) electrons. The molecule has 8 rings (SSSR count). The molecule has 1 aliphatic rings. The molecule has 1 heterocycles. The zero-order chi connectivity index (χ0) is 36.0. The highest BCUT2D eigenvalue weighted by molar-refractivity contribution is 6.04. The van der Waals surface area contributed by atoms with Gasteiger partial charge in [0.15, 0.2) is 5.82 Å². The predicted molar refractivity (Wildman–Crippen MR) is 216 cm³/mol. The number of nitrogens with one attached hydrogen (secondary N) is 2. The van der Waals surface area contributed by atoms with Crippen LogP contribution in [0.5, 0.6) is 0 Å². The number of allylic oxidation sites excluding steroid dienone is 2. The highest BCUT2D eigenvalue weighted by Gasteiger charge is 2.18. The van der Waals surface area contributed by atoms with Gasteiger partial charge in [-0.2, -0.15) is 0 Å². The number of nitrogens with zero attached hydrogens (tertiary/aromatic N) is 2. The lowest BCUT2D eigenvalue weighted by atomic mass is 9.85. The van der Waals surface area contributed by atoms with Crippen LogP contribution in [-0.4, -0.2) is 21.8 Å². The summed E-state index contributed by atoms with van der Waals surface area (Å²) < 4.78 is 5.62. The summed E-state index contributed by atoms with van der Waals surface area (Å²) in [5.74, 6) is 0.966. The van der Waals surface area contributed by atoms with Gasteiger partial charge in [0.25, 0.3) is 0 Å². The van der Waals surface area contributed by atoms with E-state index in [1.54, 1.807) is 12.1 Å². The Morgan fingerprint density at radius 3 is 1.70 bits per heavy atom. The fraction of sp³-hybridized carbons (Fsp3) is 0.0833.